The molecule has 2 fully saturated rings. The molecule has 1 aliphatic carbocycles. The molecule has 0 spiro atoms. The summed E-state index contributed by atoms with van der Waals surface area (Å²) in [6.07, 6.45) is 6.12. The van der Waals surface area contributed by atoms with E-state index in [1.165, 1.54) is 25.7 Å². The zero-order valence-corrected chi connectivity index (χ0v) is 11.4. The minimum Gasteiger partial charge on any atom is -0.389 e. The van der Waals surface area contributed by atoms with Gasteiger partial charge in [0.05, 0.1) is 5.60 Å². The van der Waals surface area contributed by atoms with E-state index in [4.69, 9.17) is 5.73 Å². The molecule has 1 saturated heterocycles. The van der Waals surface area contributed by atoms with Crippen molar-refractivity contribution < 1.29 is 5.11 Å². The van der Waals surface area contributed by atoms with Crippen LogP contribution in [-0.4, -0.2) is 41.8 Å². The van der Waals surface area contributed by atoms with Gasteiger partial charge in [-0.2, -0.15) is 0 Å². The fourth-order valence-electron chi connectivity index (χ4n) is 3.81. The lowest BCUT2D eigenvalue weighted by molar-refractivity contribution is 0.0510. The number of nitrogens with two attached hydrogens (primary N) is 1. The van der Waals surface area contributed by atoms with E-state index in [0.29, 0.717) is 5.41 Å². The largest absolute Gasteiger partial charge is 0.389 e. The molecule has 1 saturated carbocycles. The first kappa shape index (κ1) is 13.3. The number of rotatable bonds is 3. The van der Waals surface area contributed by atoms with Crippen LogP contribution < -0.4 is 5.73 Å². The molecule has 17 heavy (non-hydrogen) atoms. The molecule has 0 bridgehead atoms. The van der Waals surface area contributed by atoms with Gasteiger partial charge in [-0.1, -0.05) is 19.8 Å². The fourth-order valence-corrected chi connectivity index (χ4v) is 3.81. The lowest BCUT2D eigenvalue weighted by Gasteiger charge is -2.42. The molecule has 3 unspecified atom stereocenters. The van der Waals surface area contributed by atoms with Gasteiger partial charge in [0.2, 0.25) is 0 Å². The Kier molecular flexibility index (Phi) is 3.81. The second kappa shape index (κ2) is 4.87. The number of hydrogen-bond donors (Lipinski definition) is 2. The second-order valence-corrected chi connectivity index (χ2v) is 6.86. The van der Waals surface area contributed by atoms with Crippen molar-refractivity contribution in [3.8, 4) is 0 Å². The van der Waals surface area contributed by atoms with E-state index in [1.807, 2.05) is 6.92 Å². The van der Waals surface area contributed by atoms with Gasteiger partial charge in [-0.15, -0.1) is 0 Å². The minimum atomic E-state index is -0.476. The maximum atomic E-state index is 10.0. The number of nitrogens with zero attached hydrogens (tertiary/aromatic N) is 1. The van der Waals surface area contributed by atoms with Gasteiger partial charge in [-0.3, -0.25) is 4.90 Å². The Balaban J connectivity index is 1.95. The molecule has 1 heterocycles. The van der Waals surface area contributed by atoms with Gasteiger partial charge in [0.15, 0.2) is 0 Å². The molecular weight excluding hydrogens is 212 g/mol. The van der Waals surface area contributed by atoms with Gasteiger partial charge in [0.1, 0.15) is 0 Å². The highest BCUT2D eigenvalue weighted by molar-refractivity contribution is 4.93. The summed E-state index contributed by atoms with van der Waals surface area (Å²) >= 11 is 0. The average molecular weight is 240 g/mol. The fraction of sp³-hybridized carbons (Fsp3) is 1.00. The van der Waals surface area contributed by atoms with Crippen LogP contribution in [-0.2, 0) is 0 Å². The van der Waals surface area contributed by atoms with Crippen molar-refractivity contribution in [2.24, 2.45) is 17.1 Å². The van der Waals surface area contributed by atoms with Gasteiger partial charge in [0, 0.05) is 19.6 Å². The van der Waals surface area contributed by atoms with Crippen molar-refractivity contribution in [3.63, 3.8) is 0 Å². The number of likely N-dealkylation sites (tertiary alicyclic amines) is 1. The molecule has 3 nitrogen and oxygen atoms in total. The predicted molar refractivity (Wildman–Crippen MR) is 70.8 cm³/mol. The zero-order valence-electron chi connectivity index (χ0n) is 11.4. The highest BCUT2D eigenvalue weighted by atomic mass is 16.3. The first-order valence-corrected chi connectivity index (χ1v) is 7.10. The van der Waals surface area contributed by atoms with Gasteiger partial charge in [-0.25, -0.2) is 0 Å². The number of aliphatic hydroxyl groups is 1. The Morgan fingerprint density at radius 2 is 2.18 bits per heavy atom. The maximum Gasteiger partial charge on any atom is 0.0758 e. The third-order valence-corrected chi connectivity index (χ3v) is 4.71. The van der Waals surface area contributed by atoms with Crippen molar-refractivity contribution in [1.82, 2.24) is 4.90 Å². The molecule has 0 aromatic heterocycles. The molecule has 3 atom stereocenters. The molecule has 3 N–H and O–H groups in total. The average Bonchev–Trinajstić information content (AvgIpc) is 2.58. The standard InChI is InChI=1S/C14H28N2O/c1-12-4-3-5-14(8-12,9-15)11-16-7-6-13(2,17)10-16/h12,17H,3-11,15H2,1-2H3. The van der Waals surface area contributed by atoms with E-state index in [0.717, 1.165) is 38.5 Å². The van der Waals surface area contributed by atoms with Crippen molar-refractivity contribution in [2.45, 2.75) is 51.6 Å². The zero-order chi connectivity index (χ0) is 12.5. The first-order chi connectivity index (χ1) is 7.95. The molecule has 0 aromatic rings. The number of hydrogen-bond acceptors (Lipinski definition) is 3. The summed E-state index contributed by atoms with van der Waals surface area (Å²) in [5.74, 6) is 0.815. The predicted octanol–water partition coefficient (Wildman–Crippen LogP) is 1.60. The van der Waals surface area contributed by atoms with Crippen LogP contribution in [0.4, 0.5) is 0 Å². The van der Waals surface area contributed by atoms with E-state index < -0.39 is 5.60 Å². The van der Waals surface area contributed by atoms with Crippen molar-refractivity contribution in [1.29, 1.82) is 0 Å². The Morgan fingerprint density at radius 1 is 1.41 bits per heavy atom. The van der Waals surface area contributed by atoms with E-state index in [-0.39, 0.29) is 0 Å². The lowest BCUT2D eigenvalue weighted by atomic mass is 9.70. The van der Waals surface area contributed by atoms with Crippen molar-refractivity contribution in [3.05, 3.63) is 0 Å². The quantitative estimate of drug-likeness (QED) is 0.788. The smallest absolute Gasteiger partial charge is 0.0758 e. The molecule has 2 rings (SSSR count). The van der Waals surface area contributed by atoms with E-state index in [9.17, 15) is 5.11 Å². The Bertz CT molecular complexity index is 267. The minimum absolute atomic E-state index is 0.318. The summed E-state index contributed by atoms with van der Waals surface area (Å²) in [6.45, 7) is 8.04. The maximum absolute atomic E-state index is 10.0. The number of β-amino-alcohol motifs (C(OH)–C–C–N with tert-alkyl or cyclic N) is 1. The van der Waals surface area contributed by atoms with Crippen LogP contribution in [0.3, 0.4) is 0 Å². The summed E-state index contributed by atoms with van der Waals surface area (Å²) in [4.78, 5) is 2.42. The van der Waals surface area contributed by atoms with Gasteiger partial charge >= 0.3 is 0 Å². The first-order valence-electron chi connectivity index (χ1n) is 7.10. The van der Waals surface area contributed by atoms with Crippen LogP contribution in [0.5, 0.6) is 0 Å². The van der Waals surface area contributed by atoms with Crippen molar-refractivity contribution >= 4 is 0 Å². The highest BCUT2D eigenvalue weighted by Gasteiger charge is 2.39. The van der Waals surface area contributed by atoms with E-state index in [2.05, 4.69) is 11.8 Å². The summed E-state index contributed by atoms with van der Waals surface area (Å²) in [5.41, 5.74) is 5.90. The Hall–Kier alpha value is -0.120. The molecule has 0 amide bonds. The Labute approximate surface area is 105 Å². The summed E-state index contributed by atoms with van der Waals surface area (Å²) in [7, 11) is 0. The van der Waals surface area contributed by atoms with Crippen LogP contribution in [0.2, 0.25) is 0 Å². The topological polar surface area (TPSA) is 49.5 Å². The van der Waals surface area contributed by atoms with E-state index in [1.54, 1.807) is 0 Å². The van der Waals surface area contributed by atoms with Crippen molar-refractivity contribution in [2.75, 3.05) is 26.2 Å². The summed E-state index contributed by atoms with van der Waals surface area (Å²) in [6, 6.07) is 0. The van der Waals surface area contributed by atoms with E-state index >= 15 is 0 Å². The third kappa shape index (κ3) is 3.21. The highest BCUT2D eigenvalue weighted by Crippen LogP contribution is 2.40. The van der Waals surface area contributed by atoms with Gasteiger partial charge in [-0.05, 0) is 44.1 Å². The normalized spacial score (nSPS) is 44.1. The third-order valence-electron chi connectivity index (χ3n) is 4.71. The van der Waals surface area contributed by atoms with Crippen LogP contribution >= 0.6 is 0 Å². The molecule has 1 aliphatic heterocycles. The molecule has 0 radical (unpaired) electrons. The second-order valence-electron chi connectivity index (χ2n) is 6.86. The van der Waals surface area contributed by atoms with Crippen LogP contribution in [0.1, 0.15) is 46.0 Å². The van der Waals surface area contributed by atoms with Crippen LogP contribution in [0.25, 0.3) is 0 Å². The summed E-state index contributed by atoms with van der Waals surface area (Å²) < 4.78 is 0. The SMILES string of the molecule is CC1CCCC(CN)(CN2CCC(C)(O)C2)C1. The van der Waals surface area contributed by atoms with Crippen LogP contribution in [0, 0.1) is 11.3 Å². The van der Waals surface area contributed by atoms with Crippen LogP contribution in [0.15, 0.2) is 0 Å². The van der Waals surface area contributed by atoms with Gasteiger partial charge in [0.25, 0.3) is 0 Å². The van der Waals surface area contributed by atoms with Gasteiger partial charge < -0.3 is 10.8 Å². The lowest BCUT2D eigenvalue weighted by Crippen LogP contribution is -2.45. The molecule has 100 valence electrons. The molecule has 2 aliphatic rings. The molecular formula is C14H28N2O. The monoisotopic (exact) mass is 240 g/mol. The summed E-state index contributed by atoms with van der Waals surface area (Å²) in [5, 5.41) is 10.0. The molecule has 3 heteroatoms. The Morgan fingerprint density at radius 3 is 2.71 bits per heavy atom. The molecule has 0 aromatic carbocycles.